The lowest BCUT2D eigenvalue weighted by Crippen LogP contribution is -2.47. The van der Waals surface area contributed by atoms with E-state index < -0.39 is 0 Å². The molecule has 6 nitrogen and oxygen atoms in total. The van der Waals surface area contributed by atoms with Crippen molar-refractivity contribution >= 4 is 12.0 Å². The second-order valence-electron chi connectivity index (χ2n) is 5.06. The highest BCUT2D eigenvalue weighted by Crippen LogP contribution is 2.12. The van der Waals surface area contributed by atoms with Crippen LogP contribution in [0.25, 0.3) is 0 Å². The first-order chi connectivity index (χ1) is 10.2. The summed E-state index contributed by atoms with van der Waals surface area (Å²) < 4.78 is 4.97. The maximum absolute atomic E-state index is 12.0. The number of carbonyl (C=O) groups is 2. The van der Waals surface area contributed by atoms with E-state index in [9.17, 15) is 9.59 Å². The van der Waals surface area contributed by atoms with E-state index in [0.717, 1.165) is 18.4 Å². The molecule has 1 N–H and O–H groups in total. The molecule has 114 valence electrons. The highest BCUT2D eigenvalue weighted by Gasteiger charge is 2.24. The van der Waals surface area contributed by atoms with E-state index in [0.29, 0.717) is 26.1 Å². The van der Waals surface area contributed by atoms with Crippen LogP contribution in [0, 0.1) is 0 Å². The quantitative estimate of drug-likeness (QED) is 0.909. The second kappa shape index (κ2) is 7.61. The Balaban J connectivity index is 1.73. The lowest BCUT2D eigenvalue weighted by Gasteiger charge is -2.31. The molecule has 0 unspecified atom stereocenters. The Hall–Kier alpha value is -2.11. The third-order valence-electron chi connectivity index (χ3n) is 3.50. The van der Waals surface area contributed by atoms with Crippen LogP contribution >= 0.6 is 0 Å². The summed E-state index contributed by atoms with van der Waals surface area (Å²) in [4.78, 5) is 29.2. The molecule has 2 heterocycles. The minimum atomic E-state index is -0.265. The molecule has 0 spiro atoms. The first kappa shape index (κ1) is 15.3. The van der Waals surface area contributed by atoms with Gasteiger partial charge in [0.1, 0.15) is 0 Å². The minimum absolute atomic E-state index is 0.00999. The molecule has 0 aliphatic carbocycles. The fraction of sp³-hybridized carbons (Fsp3) is 0.533. The summed E-state index contributed by atoms with van der Waals surface area (Å²) >= 11 is 0. The van der Waals surface area contributed by atoms with Crippen molar-refractivity contribution in [1.29, 1.82) is 0 Å². The molecule has 0 saturated carbocycles. The van der Waals surface area contributed by atoms with Gasteiger partial charge in [-0.15, -0.1) is 0 Å². The highest BCUT2D eigenvalue weighted by atomic mass is 16.6. The van der Waals surface area contributed by atoms with E-state index >= 15 is 0 Å². The van der Waals surface area contributed by atoms with Crippen molar-refractivity contribution in [3.8, 4) is 0 Å². The summed E-state index contributed by atoms with van der Waals surface area (Å²) in [5, 5.41) is 3.02. The van der Waals surface area contributed by atoms with Gasteiger partial charge in [-0.1, -0.05) is 0 Å². The number of aromatic nitrogens is 1. The summed E-state index contributed by atoms with van der Waals surface area (Å²) in [7, 11) is 0. The number of hydrogen-bond acceptors (Lipinski definition) is 4. The number of hydrogen-bond donors (Lipinski definition) is 1. The van der Waals surface area contributed by atoms with Gasteiger partial charge in [0.2, 0.25) is 5.91 Å². The predicted octanol–water partition coefficient (Wildman–Crippen LogP) is 1.36. The zero-order chi connectivity index (χ0) is 15.1. The molecule has 6 heteroatoms. The van der Waals surface area contributed by atoms with Gasteiger partial charge in [-0.2, -0.15) is 0 Å². The van der Waals surface area contributed by atoms with Gasteiger partial charge in [0.15, 0.2) is 0 Å². The molecule has 1 fully saturated rings. The Morgan fingerprint density at radius 3 is 2.62 bits per heavy atom. The van der Waals surface area contributed by atoms with E-state index in [1.807, 2.05) is 12.1 Å². The van der Waals surface area contributed by atoms with E-state index in [1.165, 1.54) is 0 Å². The predicted molar refractivity (Wildman–Crippen MR) is 77.7 cm³/mol. The van der Waals surface area contributed by atoms with E-state index in [2.05, 4.69) is 10.3 Å². The molecule has 2 rings (SSSR count). The van der Waals surface area contributed by atoms with Crippen molar-refractivity contribution in [3.63, 3.8) is 0 Å². The molecule has 1 aromatic rings. The molecule has 1 aliphatic heterocycles. The maximum atomic E-state index is 12.0. The first-order valence-corrected chi connectivity index (χ1v) is 7.29. The third-order valence-corrected chi connectivity index (χ3v) is 3.50. The van der Waals surface area contributed by atoms with E-state index in [4.69, 9.17) is 4.74 Å². The molecule has 0 radical (unpaired) electrons. The van der Waals surface area contributed by atoms with Crippen LogP contribution in [0.2, 0.25) is 0 Å². The second-order valence-corrected chi connectivity index (χ2v) is 5.06. The summed E-state index contributed by atoms with van der Waals surface area (Å²) in [5.74, 6) is 0.00999. The Morgan fingerprint density at radius 2 is 2.00 bits per heavy atom. The van der Waals surface area contributed by atoms with Crippen LogP contribution in [0.15, 0.2) is 24.5 Å². The standard InChI is InChI=1S/C15H21N3O3/c1-2-21-15(20)18-9-5-13(6-10-18)17-14(19)11-12-3-7-16-8-4-12/h3-4,7-8,13H,2,5-6,9-11H2,1H3,(H,17,19). The average molecular weight is 291 g/mol. The zero-order valence-corrected chi connectivity index (χ0v) is 12.2. The van der Waals surface area contributed by atoms with Gasteiger partial charge < -0.3 is 15.0 Å². The van der Waals surface area contributed by atoms with Crippen molar-refractivity contribution in [1.82, 2.24) is 15.2 Å². The lowest BCUT2D eigenvalue weighted by atomic mass is 10.0. The maximum Gasteiger partial charge on any atom is 0.409 e. The fourth-order valence-electron chi connectivity index (χ4n) is 2.39. The Kier molecular flexibility index (Phi) is 5.54. The molecule has 0 atom stereocenters. The van der Waals surface area contributed by atoms with Gasteiger partial charge in [-0.25, -0.2) is 4.79 Å². The highest BCUT2D eigenvalue weighted by molar-refractivity contribution is 5.78. The van der Waals surface area contributed by atoms with Crippen molar-refractivity contribution in [2.24, 2.45) is 0 Å². The minimum Gasteiger partial charge on any atom is -0.450 e. The van der Waals surface area contributed by atoms with Crippen LogP contribution < -0.4 is 5.32 Å². The molecule has 0 aromatic carbocycles. The van der Waals surface area contributed by atoms with Crippen LogP contribution in [0.3, 0.4) is 0 Å². The Morgan fingerprint density at radius 1 is 1.33 bits per heavy atom. The molecular weight excluding hydrogens is 270 g/mol. The van der Waals surface area contributed by atoms with Crippen LogP contribution in [0.5, 0.6) is 0 Å². The SMILES string of the molecule is CCOC(=O)N1CCC(NC(=O)Cc2ccncc2)CC1. The smallest absolute Gasteiger partial charge is 0.409 e. The van der Waals surface area contributed by atoms with E-state index in [-0.39, 0.29) is 18.0 Å². The normalized spacial score (nSPS) is 15.6. The molecule has 21 heavy (non-hydrogen) atoms. The van der Waals surface area contributed by atoms with Crippen LogP contribution in [0.4, 0.5) is 4.79 Å². The van der Waals surface area contributed by atoms with Crippen LogP contribution in [-0.2, 0) is 16.0 Å². The molecule has 2 amide bonds. The zero-order valence-electron chi connectivity index (χ0n) is 12.2. The first-order valence-electron chi connectivity index (χ1n) is 7.29. The van der Waals surface area contributed by atoms with Crippen LogP contribution in [0.1, 0.15) is 25.3 Å². The van der Waals surface area contributed by atoms with Gasteiger partial charge in [0.05, 0.1) is 13.0 Å². The third kappa shape index (κ3) is 4.73. The number of nitrogens with one attached hydrogen (secondary N) is 1. The number of pyridine rings is 1. The largest absolute Gasteiger partial charge is 0.450 e. The van der Waals surface area contributed by atoms with Crippen molar-refractivity contribution in [3.05, 3.63) is 30.1 Å². The number of nitrogens with zero attached hydrogens (tertiary/aromatic N) is 2. The number of amides is 2. The summed E-state index contributed by atoms with van der Waals surface area (Å²) in [6.45, 7) is 3.43. The van der Waals surface area contributed by atoms with Gasteiger partial charge in [0.25, 0.3) is 0 Å². The van der Waals surface area contributed by atoms with Gasteiger partial charge in [-0.05, 0) is 37.5 Å². The van der Waals surface area contributed by atoms with Gasteiger partial charge in [0, 0.05) is 31.5 Å². The van der Waals surface area contributed by atoms with E-state index in [1.54, 1.807) is 24.2 Å². The summed E-state index contributed by atoms with van der Waals surface area (Å²) in [6.07, 6.45) is 4.99. The van der Waals surface area contributed by atoms with Crippen molar-refractivity contribution in [2.75, 3.05) is 19.7 Å². The molecule has 1 saturated heterocycles. The monoisotopic (exact) mass is 291 g/mol. The van der Waals surface area contributed by atoms with Crippen molar-refractivity contribution in [2.45, 2.75) is 32.2 Å². The van der Waals surface area contributed by atoms with Crippen molar-refractivity contribution < 1.29 is 14.3 Å². The van der Waals surface area contributed by atoms with Crippen LogP contribution in [-0.4, -0.2) is 47.6 Å². The topological polar surface area (TPSA) is 71.5 Å². The Labute approximate surface area is 124 Å². The number of likely N-dealkylation sites (tertiary alicyclic amines) is 1. The van der Waals surface area contributed by atoms with Gasteiger partial charge >= 0.3 is 6.09 Å². The number of rotatable bonds is 4. The molecule has 0 bridgehead atoms. The molecule has 1 aliphatic rings. The summed E-state index contributed by atoms with van der Waals surface area (Å²) in [6, 6.07) is 3.80. The fourth-order valence-corrected chi connectivity index (χ4v) is 2.39. The van der Waals surface area contributed by atoms with Gasteiger partial charge in [-0.3, -0.25) is 9.78 Å². The number of carbonyl (C=O) groups excluding carboxylic acids is 2. The Bertz CT molecular complexity index is 470. The number of piperidine rings is 1. The average Bonchev–Trinajstić information content (AvgIpc) is 2.49. The number of ether oxygens (including phenoxy) is 1. The summed E-state index contributed by atoms with van der Waals surface area (Å²) in [5.41, 5.74) is 0.950. The lowest BCUT2D eigenvalue weighted by molar-refractivity contribution is -0.121. The molecule has 1 aromatic heterocycles. The molecular formula is C15H21N3O3.